The molecule has 0 bridgehead atoms. The van der Waals surface area contributed by atoms with E-state index in [9.17, 15) is 18.0 Å². The first-order valence-corrected chi connectivity index (χ1v) is 11.4. The van der Waals surface area contributed by atoms with Crippen molar-refractivity contribution in [3.8, 4) is 16.2 Å². The van der Waals surface area contributed by atoms with E-state index in [4.69, 9.17) is 4.74 Å². The minimum Gasteiger partial charge on any atom is -0.497 e. The van der Waals surface area contributed by atoms with E-state index in [2.05, 4.69) is 25.5 Å². The molecule has 0 aliphatic rings. The number of aromatic amines is 1. The number of benzene rings is 1. The van der Waals surface area contributed by atoms with Gasteiger partial charge in [0.2, 0.25) is 5.13 Å². The van der Waals surface area contributed by atoms with Gasteiger partial charge < -0.3 is 15.0 Å². The molecule has 0 saturated carbocycles. The third-order valence-corrected chi connectivity index (χ3v) is 7.18. The van der Waals surface area contributed by atoms with Gasteiger partial charge in [0, 0.05) is 4.88 Å². The second kappa shape index (κ2) is 8.85. The number of ether oxygens (including phenoxy) is 1. The van der Waals surface area contributed by atoms with E-state index in [-0.39, 0.29) is 10.7 Å². The molecule has 1 aromatic carbocycles. The molecule has 31 heavy (non-hydrogen) atoms. The normalized spacial score (nSPS) is 11.7. The number of hydrogen-bond acceptors (Lipinski definition) is 9. The van der Waals surface area contributed by atoms with E-state index in [1.807, 2.05) is 30.3 Å². The molecule has 7 nitrogen and oxygen atoms in total. The minimum absolute atomic E-state index is 0.0821. The maximum atomic E-state index is 12.5. The Kier molecular flexibility index (Phi) is 6.16. The number of thiophene rings is 1. The number of fused-ring (bicyclic) bond motifs is 1. The van der Waals surface area contributed by atoms with Gasteiger partial charge in [0.15, 0.2) is 4.34 Å². The van der Waals surface area contributed by atoms with Gasteiger partial charge in [-0.2, -0.15) is 13.2 Å². The number of nitrogens with zero attached hydrogens (tertiary/aromatic N) is 3. The zero-order chi connectivity index (χ0) is 22.0. The van der Waals surface area contributed by atoms with E-state index >= 15 is 0 Å². The fourth-order valence-corrected chi connectivity index (χ4v) is 5.21. The monoisotopic (exact) mass is 485 g/mol. The number of alkyl halides is 3. The summed E-state index contributed by atoms with van der Waals surface area (Å²) in [6, 6.07) is 9.37. The van der Waals surface area contributed by atoms with Crippen LogP contribution in [-0.2, 0) is 5.75 Å². The van der Waals surface area contributed by atoms with E-state index in [1.165, 1.54) is 23.1 Å². The predicted octanol–water partition coefficient (Wildman–Crippen LogP) is 4.78. The lowest BCUT2D eigenvalue weighted by Gasteiger charge is -2.05. The number of aromatic nitrogens is 4. The smallest absolute Gasteiger partial charge is 0.405 e. The van der Waals surface area contributed by atoms with Gasteiger partial charge in [-0.15, -0.1) is 21.5 Å². The maximum absolute atomic E-state index is 12.5. The van der Waals surface area contributed by atoms with Crippen LogP contribution in [0.25, 0.3) is 20.7 Å². The predicted molar refractivity (Wildman–Crippen MR) is 116 cm³/mol. The van der Waals surface area contributed by atoms with Crippen LogP contribution < -0.4 is 15.6 Å². The summed E-state index contributed by atoms with van der Waals surface area (Å²) in [6.45, 7) is -1.17. The topological polar surface area (TPSA) is 92.8 Å². The fourth-order valence-electron chi connectivity index (χ4n) is 2.60. The molecule has 0 fully saturated rings. The number of rotatable bonds is 7. The largest absolute Gasteiger partial charge is 0.497 e. The number of halogens is 3. The summed E-state index contributed by atoms with van der Waals surface area (Å²) in [5, 5.41) is 9.80. The van der Waals surface area contributed by atoms with Crippen LogP contribution in [0.3, 0.4) is 0 Å². The van der Waals surface area contributed by atoms with Crippen LogP contribution in [0.2, 0.25) is 0 Å². The average Bonchev–Trinajstić information content (AvgIpc) is 3.37. The standard InChI is InChI=1S/C18H14F3N5O2S3/c1-28-10-4-2-9(3-5-10)12-6-11-14(30-12)15(27)24-13(23-11)7-29-17-26-25-16(31-17)22-8-18(19,20)21/h2-6H,7-8H2,1H3,(H,22,25)(H,23,24,27). The Morgan fingerprint density at radius 2 is 1.97 bits per heavy atom. The van der Waals surface area contributed by atoms with Crippen molar-refractivity contribution in [2.75, 3.05) is 19.0 Å². The summed E-state index contributed by atoms with van der Waals surface area (Å²) in [6.07, 6.45) is -4.33. The highest BCUT2D eigenvalue weighted by molar-refractivity contribution is 8.00. The summed E-state index contributed by atoms with van der Waals surface area (Å²) >= 11 is 3.59. The lowest BCUT2D eigenvalue weighted by molar-refractivity contribution is -0.115. The molecule has 13 heteroatoms. The highest BCUT2D eigenvalue weighted by Crippen LogP contribution is 2.33. The van der Waals surface area contributed by atoms with Gasteiger partial charge in [0.1, 0.15) is 22.8 Å². The highest BCUT2D eigenvalue weighted by Gasteiger charge is 2.27. The molecule has 0 amide bonds. The van der Waals surface area contributed by atoms with Crippen molar-refractivity contribution in [1.29, 1.82) is 0 Å². The zero-order valence-electron chi connectivity index (χ0n) is 15.8. The number of anilines is 1. The second-order valence-electron chi connectivity index (χ2n) is 6.20. The fraction of sp³-hybridized carbons (Fsp3) is 0.222. The van der Waals surface area contributed by atoms with Gasteiger partial charge in [-0.1, -0.05) is 23.1 Å². The maximum Gasteiger partial charge on any atom is 0.405 e. The van der Waals surface area contributed by atoms with E-state index in [0.29, 0.717) is 26.1 Å². The molecule has 3 aromatic heterocycles. The number of H-pyrrole nitrogens is 1. The Morgan fingerprint density at radius 3 is 2.68 bits per heavy atom. The van der Waals surface area contributed by atoms with Crippen molar-refractivity contribution in [3.05, 3.63) is 46.5 Å². The lowest BCUT2D eigenvalue weighted by atomic mass is 10.2. The number of thioether (sulfide) groups is 1. The molecule has 4 rings (SSSR count). The van der Waals surface area contributed by atoms with Crippen LogP contribution in [0.4, 0.5) is 18.3 Å². The molecule has 2 N–H and O–H groups in total. The Morgan fingerprint density at radius 1 is 1.19 bits per heavy atom. The molecule has 0 spiro atoms. The van der Waals surface area contributed by atoms with Crippen molar-refractivity contribution in [1.82, 2.24) is 20.2 Å². The van der Waals surface area contributed by atoms with Crippen LogP contribution in [0.5, 0.6) is 5.75 Å². The molecular formula is C18H14F3N5O2S3. The van der Waals surface area contributed by atoms with Gasteiger partial charge in [-0.25, -0.2) is 4.98 Å². The van der Waals surface area contributed by atoms with Gasteiger partial charge in [-0.05, 0) is 35.9 Å². The van der Waals surface area contributed by atoms with E-state index in [0.717, 1.165) is 27.5 Å². The third-order valence-electron chi connectivity index (χ3n) is 3.99. The molecule has 0 aliphatic heterocycles. The summed E-state index contributed by atoms with van der Waals surface area (Å²) in [4.78, 5) is 20.6. The summed E-state index contributed by atoms with van der Waals surface area (Å²) < 4.78 is 43.0. The molecule has 0 radical (unpaired) electrons. The zero-order valence-corrected chi connectivity index (χ0v) is 18.3. The molecule has 3 heterocycles. The molecule has 162 valence electrons. The SMILES string of the molecule is COc1ccc(-c2cc3nc(CSc4nnc(NCC(F)(F)F)s4)[nH]c(=O)c3s2)cc1. The molecule has 0 saturated heterocycles. The Balaban J connectivity index is 1.47. The van der Waals surface area contributed by atoms with Crippen LogP contribution >= 0.6 is 34.4 Å². The average molecular weight is 486 g/mol. The molecule has 0 atom stereocenters. The summed E-state index contributed by atoms with van der Waals surface area (Å²) in [7, 11) is 1.60. The summed E-state index contributed by atoms with van der Waals surface area (Å²) in [5.41, 5.74) is 1.29. The quantitative estimate of drug-likeness (QED) is 0.364. The Bertz CT molecular complexity index is 1250. The van der Waals surface area contributed by atoms with Gasteiger partial charge in [0.25, 0.3) is 5.56 Å². The highest BCUT2D eigenvalue weighted by atomic mass is 32.2. The van der Waals surface area contributed by atoms with Gasteiger partial charge >= 0.3 is 6.18 Å². The van der Waals surface area contributed by atoms with Crippen molar-refractivity contribution >= 4 is 49.8 Å². The molecule has 0 aliphatic carbocycles. The van der Waals surface area contributed by atoms with Crippen molar-refractivity contribution in [3.63, 3.8) is 0 Å². The lowest BCUT2D eigenvalue weighted by Crippen LogP contribution is -2.21. The van der Waals surface area contributed by atoms with Gasteiger partial charge in [-0.3, -0.25) is 4.79 Å². The number of methoxy groups -OCH3 is 1. The summed E-state index contributed by atoms with van der Waals surface area (Å²) in [5.74, 6) is 1.49. The van der Waals surface area contributed by atoms with Crippen LogP contribution in [0, 0.1) is 0 Å². The minimum atomic E-state index is -4.33. The van der Waals surface area contributed by atoms with E-state index in [1.54, 1.807) is 7.11 Å². The second-order valence-corrected chi connectivity index (χ2v) is 9.45. The number of nitrogens with one attached hydrogen (secondary N) is 2. The van der Waals surface area contributed by atoms with Crippen LogP contribution in [0.15, 0.2) is 39.5 Å². The van der Waals surface area contributed by atoms with Crippen molar-refractivity contribution in [2.45, 2.75) is 16.3 Å². The Hall–Kier alpha value is -2.64. The van der Waals surface area contributed by atoms with Crippen LogP contribution in [0.1, 0.15) is 5.82 Å². The molecule has 0 unspecified atom stereocenters. The van der Waals surface area contributed by atoms with Crippen molar-refractivity contribution in [2.24, 2.45) is 0 Å². The first-order chi connectivity index (χ1) is 14.8. The number of hydrogen-bond donors (Lipinski definition) is 2. The molecule has 4 aromatic rings. The molecular weight excluding hydrogens is 471 g/mol. The van der Waals surface area contributed by atoms with E-state index < -0.39 is 12.7 Å². The third kappa shape index (κ3) is 5.35. The first-order valence-electron chi connectivity index (χ1n) is 8.75. The Labute approximate surface area is 185 Å². The van der Waals surface area contributed by atoms with Gasteiger partial charge in [0.05, 0.1) is 18.4 Å². The first kappa shape index (κ1) is 21.6. The van der Waals surface area contributed by atoms with Crippen LogP contribution in [-0.4, -0.2) is 40.0 Å². The van der Waals surface area contributed by atoms with Crippen molar-refractivity contribution < 1.29 is 17.9 Å².